The Morgan fingerprint density at radius 3 is 2.05 bits per heavy atom. The van der Waals surface area contributed by atoms with Gasteiger partial charge in [0.25, 0.3) is 5.88 Å². The van der Waals surface area contributed by atoms with Gasteiger partial charge in [0, 0.05) is 22.6 Å². The highest BCUT2D eigenvalue weighted by molar-refractivity contribution is 6.74. The molecule has 12 heteroatoms. The van der Waals surface area contributed by atoms with Gasteiger partial charge in [-0.25, -0.2) is 4.98 Å². The molecular formula is C46H48ClN3O7Si. The number of carbonyl (C=O) groups is 2. The molecule has 2 aromatic heterocycles. The number of halogens is 1. The zero-order valence-electron chi connectivity index (χ0n) is 33.8. The van der Waals surface area contributed by atoms with E-state index in [1.54, 1.807) is 0 Å². The third-order valence-electron chi connectivity index (χ3n) is 12.4. The summed E-state index contributed by atoms with van der Waals surface area (Å²) in [7, 11) is 0.845. The zero-order valence-corrected chi connectivity index (χ0v) is 35.6. The Balaban J connectivity index is 1.33. The Labute approximate surface area is 344 Å². The van der Waals surface area contributed by atoms with Crippen molar-refractivity contribution in [2.45, 2.75) is 76.6 Å². The molecule has 5 aromatic rings. The Kier molecular flexibility index (Phi) is 10.2. The predicted octanol–water partition coefficient (Wildman–Crippen LogP) is 9.84. The number of nitrogens with zero attached hydrogens (tertiary/aromatic N) is 3. The predicted molar refractivity (Wildman–Crippen MR) is 224 cm³/mol. The van der Waals surface area contributed by atoms with Crippen molar-refractivity contribution >= 4 is 37.2 Å². The summed E-state index contributed by atoms with van der Waals surface area (Å²) in [5.74, 6) is -2.08. The molecule has 0 spiro atoms. The maximum absolute atomic E-state index is 15.9. The summed E-state index contributed by atoms with van der Waals surface area (Å²) in [6.45, 7) is 10.6. The first kappa shape index (κ1) is 39.7. The summed E-state index contributed by atoms with van der Waals surface area (Å²) >= 11 is 7.06. The second-order valence-electron chi connectivity index (χ2n) is 17.2. The molecule has 10 nitrogen and oxygen atoms in total. The minimum atomic E-state index is -2.93. The molecule has 2 heterocycles. The highest BCUT2D eigenvalue weighted by Crippen LogP contribution is 2.59. The lowest BCUT2D eigenvalue weighted by Gasteiger charge is -2.55. The molecular weight excluding hydrogens is 770 g/mol. The van der Waals surface area contributed by atoms with E-state index >= 15 is 9.59 Å². The molecule has 0 saturated heterocycles. The number of benzene rings is 3. The Bertz CT molecular complexity index is 2410. The summed E-state index contributed by atoms with van der Waals surface area (Å²) < 4.78 is 26.1. The van der Waals surface area contributed by atoms with Gasteiger partial charge < -0.3 is 23.5 Å². The van der Waals surface area contributed by atoms with Crippen molar-refractivity contribution in [2.75, 3.05) is 14.1 Å². The van der Waals surface area contributed by atoms with Gasteiger partial charge in [0.1, 0.15) is 35.4 Å². The second kappa shape index (κ2) is 14.9. The lowest BCUT2D eigenvalue weighted by atomic mass is 9.57. The number of ether oxygens (including phenoxy) is 2. The lowest BCUT2D eigenvalue weighted by molar-refractivity contribution is -0.140. The van der Waals surface area contributed by atoms with Crippen molar-refractivity contribution in [2.24, 2.45) is 11.8 Å². The number of aromatic nitrogens is 2. The molecule has 0 radical (unpaired) electrons. The lowest BCUT2D eigenvalue weighted by Crippen LogP contribution is -2.68. The molecule has 0 aliphatic heterocycles. The molecule has 1 N–H and O–H groups in total. The quantitative estimate of drug-likeness (QED) is 0.0828. The summed E-state index contributed by atoms with van der Waals surface area (Å²) in [6.07, 6.45) is 0.573. The van der Waals surface area contributed by atoms with E-state index in [-0.39, 0.29) is 47.6 Å². The smallest absolute Gasteiger partial charge is 0.265 e. The molecule has 0 bridgehead atoms. The molecule has 0 amide bonds. The van der Waals surface area contributed by atoms with Crippen molar-refractivity contribution in [3.63, 3.8) is 0 Å². The topological polar surface area (TPSA) is 124 Å². The van der Waals surface area contributed by atoms with Gasteiger partial charge in [0.15, 0.2) is 25.4 Å². The molecule has 1 fully saturated rings. The van der Waals surface area contributed by atoms with Crippen LogP contribution in [0, 0.1) is 11.8 Å². The first-order chi connectivity index (χ1) is 27.6. The molecule has 300 valence electrons. The fourth-order valence-corrected chi connectivity index (χ4v) is 10.2. The fourth-order valence-electron chi connectivity index (χ4n) is 8.52. The number of fused-ring (bicyclic) bond motifs is 4. The van der Waals surface area contributed by atoms with Crippen LogP contribution in [0.3, 0.4) is 0 Å². The van der Waals surface area contributed by atoms with E-state index in [1.165, 1.54) is 0 Å². The standard InChI is InChI=1S/C46H48ClN3O7Si/c1-45(2,3)58(6,7)57-46-32(37(50(4)5)40-35(42(46)53)44(49-56-40)55-26-28-19-13-9-14-20-28)24-30-23-31-34(38(51)33(30)41(46)52)39(54-25-27-17-11-8-12-18-27)36(48-43(31)47)29-21-15-10-16-22-29/h8-22,30,32,37,51H,23-26H2,1-7H3/t30-,32-,37-,46-/m0/s1. The van der Waals surface area contributed by atoms with E-state index in [2.05, 4.69) is 25.9 Å². The maximum atomic E-state index is 15.9. The molecule has 1 saturated carbocycles. The number of hydrogen-bond acceptors (Lipinski definition) is 10. The van der Waals surface area contributed by atoms with Crippen molar-refractivity contribution < 1.29 is 33.1 Å². The average Bonchev–Trinajstić information content (AvgIpc) is 3.62. The van der Waals surface area contributed by atoms with E-state index in [0.717, 1.165) is 16.7 Å². The van der Waals surface area contributed by atoms with Crippen LogP contribution in [-0.4, -0.2) is 59.7 Å². The van der Waals surface area contributed by atoms with Gasteiger partial charge in [-0.3, -0.25) is 14.5 Å². The van der Waals surface area contributed by atoms with Gasteiger partial charge in [-0.15, -0.1) is 0 Å². The van der Waals surface area contributed by atoms with Crippen molar-refractivity contribution in [3.8, 4) is 22.9 Å². The molecule has 0 unspecified atom stereocenters. The molecule has 3 aliphatic carbocycles. The maximum Gasteiger partial charge on any atom is 0.265 e. The van der Waals surface area contributed by atoms with E-state index in [4.69, 9.17) is 35.0 Å². The van der Waals surface area contributed by atoms with Crippen LogP contribution in [0.2, 0.25) is 23.3 Å². The van der Waals surface area contributed by atoms with E-state index < -0.39 is 48.4 Å². The third-order valence-corrected chi connectivity index (χ3v) is 17.1. The minimum Gasteiger partial charge on any atom is -0.507 e. The zero-order chi connectivity index (χ0) is 41.1. The molecule has 4 atom stereocenters. The van der Waals surface area contributed by atoms with Crippen LogP contribution in [0.5, 0.6) is 11.6 Å². The van der Waals surface area contributed by atoms with E-state index in [9.17, 15) is 5.11 Å². The number of carbonyl (C=O) groups excluding carboxylic acids is 2. The highest BCUT2D eigenvalue weighted by atomic mass is 35.5. The van der Waals surface area contributed by atoms with Crippen LogP contribution in [0.15, 0.2) is 101 Å². The minimum absolute atomic E-state index is 0.00330. The van der Waals surface area contributed by atoms with Crippen LogP contribution in [0.4, 0.5) is 0 Å². The van der Waals surface area contributed by atoms with Crippen LogP contribution < -0.4 is 9.47 Å². The number of ketones is 2. The van der Waals surface area contributed by atoms with Gasteiger partial charge in [-0.2, -0.15) is 0 Å². The molecule has 8 rings (SSSR count). The first-order valence-corrected chi connectivity index (χ1v) is 22.9. The number of aliphatic hydroxyl groups excluding tert-OH is 1. The van der Waals surface area contributed by atoms with Gasteiger partial charge in [0.2, 0.25) is 11.6 Å². The van der Waals surface area contributed by atoms with Gasteiger partial charge in [-0.1, -0.05) is 123 Å². The monoisotopic (exact) mass is 817 g/mol. The largest absolute Gasteiger partial charge is 0.507 e. The third kappa shape index (κ3) is 6.58. The number of hydrogen-bond donors (Lipinski definition) is 1. The summed E-state index contributed by atoms with van der Waals surface area (Å²) in [5, 5.41) is 16.8. The molecule has 3 aromatic carbocycles. The van der Waals surface area contributed by atoms with E-state index in [1.807, 2.05) is 123 Å². The summed E-state index contributed by atoms with van der Waals surface area (Å²) in [4.78, 5) is 38.4. The number of aliphatic hydroxyl groups is 1. The molecule has 3 aliphatic rings. The second-order valence-corrected chi connectivity index (χ2v) is 22.3. The highest BCUT2D eigenvalue weighted by Gasteiger charge is 2.69. The van der Waals surface area contributed by atoms with Gasteiger partial charge in [-0.05, 0) is 67.3 Å². The number of Topliss-reactive ketones (excluding diaryl/α,β-unsaturated/α-hetero) is 2. The Hall–Kier alpha value is -5.07. The fraction of sp³-hybridized carbons (Fsp3) is 0.348. The first-order valence-electron chi connectivity index (χ1n) is 19.6. The SMILES string of the molecule is CN(C)[C@@H]1c2onc(OCc3ccccc3)c2C(=O)[C@@]2(O[Si](C)(C)C(C)(C)C)C(=O)C3=C(O)c4c(c(Cl)nc(-c5ccccc5)c4OCc4ccccc4)C[C@H]3C[C@@H]12. The van der Waals surface area contributed by atoms with Crippen LogP contribution >= 0.6 is 11.6 Å². The Morgan fingerprint density at radius 2 is 1.47 bits per heavy atom. The summed E-state index contributed by atoms with van der Waals surface area (Å²) in [6, 6.07) is 28.1. The number of rotatable bonds is 10. The van der Waals surface area contributed by atoms with Crippen molar-refractivity contribution in [3.05, 3.63) is 135 Å². The van der Waals surface area contributed by atoms with E-state index in [0.29, 0.717) is 34.8 Å². The van der Waals surface area contributed by atoms with Gasteiger partial charge in [0.05, 0.1) is 11.6 Å². The van der Waals surface area contributed by atoms with Crippen molar-refractivity contribution in [1.82, 2.24) is 15.0 Å². The van der Waals surface area contributed by atoms with Crippen LogP contribution in [0.1, 0.15) is 71.6 Å². The van der Waals surface area contributed by atoms with Crippen LogP contribution in [0.25, 0.3) is 17.0 Å². The van der Waals surface area contributed by atoms with Crippen molar-refractivity contribution in [1.29, 1.82) is 0 Å². The Morgan fingerprint density at radius 1 is 0.879 bits per heavy atom. The summed E-state index contributed by atoms with van der Waals surface area (Å²) in [5.41, 5.74) is 1.95. The number of pyridine rings is 1. The molecule has 58 heavy (non-hydrogen) atoms. The average molecular weight is 818 g/mol. The normalized spacial score (nSPS) is 21.6. The van der Waals surface area contributed by atoms with Gasteiger partial charge >= 0.3 is 0 Å². The van der Waals surface area contributed by atoms with Crippen LogP contribution in [-0.2, 0) is 28.9 Å².